The van der Waals surface area contributed by atoms with Crippen molar-refractivity contribution in [2.24, 2.45) is 5.41 Å². The molecule has 1 aliphatic carbocycles. The van der Waals surface area contributed by atoms with E-state index >= 15 is 0 Å². The van der Waals surface area contributed by atoms with Gasteiger partial charge in [-0.1, -0.05) is 12.2 Å². The fourth-order valence-corrected chi connectivity index (χ4v) is 0.690. The summed E-state index contributed by atoms with van der Waals surface area (Å²) in [6, 6.07) is 0. The molecule has 0 aromatic heterocycles. The molecule has 0 heterocycles. The molecule has 0 saturated heterocycles. The molecule has 10 heavy (non-hydrogen) atoms. The van der Waals surface area contributed by atoms with Crippen molar-refractivity contribution >= 4 is 5.91 Å². The van der Waals surface area contributed by atoms with E-state index in [0.29, 0.717) is 0 Å². The Morgan fingerprint density at radius 1 is 1.60 bits per heavy atom. The summed E-state index contributed by atoms with van der Waals surface area (Å²) in [6.45, 7) is 1.85. The van der Waals surface area contributed by atoms with Crippen LogP contribution in [0.4, 0.5) is 0 Å². The molecule has 0 aliphatic heterocycles. The molecule has 3 heteroatoms. The third-order valence-corrected chi connectivity index (χ3v) is 1.69. The van der Waals surface area contributed by atoms with Crippen LogP contribution >= 0.6 is 0 Å². The molecule has 0 aromatic carbocycles. The lowest BCUT2D eigenvalue weighted by molar-refractivity contribution is -0.173. The Labute approximate surface area is 60.2 Å². The van der Waals surface area contributed by atoms with Crippen LogP contribution in [0.1, 0.15) is 6.92 Å². The van der Waals surface area contributed by atoms with Gasteiger partial charge in [0.25, 0.3) is 5.91 Å². The lowest BCUT2D eigenvalue weighted by Crippen LogP contribution is -2.32. The normalized spacial score (nSPS) is 18.7. The van der Waals surface area contributed by atoms with Crippen LogP contribution in [0.5, 0.6) is 0 Å². The molecule has 1 aliphatic rings. The molecule has 56 valence electrons. The van der Waals surface area contributed by atoms with Crippen molar-refractivity contribution in [2.45, 2.75) is 6.92 Å². The van der Waals surface area contributed by atoms with Crippen molar-refractivity contribution in [3.05, 3.63) is 12.2 Å². The van der Waals surface area contributed by atoms with Crippen molar-refractivity contribution < 1.29 is 9.63 Å². The summed E-state index contributed by atoms with van der Waals surface area (Å²) < 4.78 is 0. The van der Waals surface area contributed by atoms with Gasteiger partial charge in [0.2, 0.25) is 0 Å². The SMILES string of the molecule is CON(C)C(=O)C1(C)C=C1. The third kappa shape index (κ3) is 1.04. The van der Waals surface area contributed by atoms with Crippen molar-refractivity contribution in [2.75, 3.05) is 14.2 Å². The molecule has 0 bridgehead atoms. The van der Waals surface area contributed by atoms with Gasteiger partial charge in [0.1, 0.15) is 0 Å². The van der Waals surface area contributed by atoms with Crippen LogP contribution < -0.4 is 0 Å². The fourth-order valence-electron chi connectivity index (χ4n) is 0.690. The zero-order valence-electron chi connectivity index (χ0n) is 6.42. The Bertz CT molecular complexity index is 180. The summed E-state index contributed by atoms with van der Waals surface area (Å²) in [5.41, 5.74) is -0.356. The number of hydrogen-bond acceptors (Lipinski definition) is 2. The van der Waals surface area contributed by atoms with Gasteiger partial charge < -0.3 is 0 Å². The van der Waals surface area contributed by atoms with E-state index in [9.17, 15) is 4.79 Å². The highest BCUT2D eigenvalue weighted by atomic mass is 16.7. The van der Waals surface area contributed by atoms with E-state index < -0.39 is 0 Å². The number of rotatable bonds is 2. The van der Waals surface area contributed by atoms with Crippen LogP contribution in [0, 0.1) is 5.41 Å². The highest BCUT2D eigenvalue weighted by Crippen LogP contribution is 2.35. The lowest BCUT2D eigenvalue weighted by Gasteiger charge is -2.17. The lowest BCUT2D eigenvalue weighted by atomic mass is 10.1. The number of nitrogens with zero attached hydrogens (tertiary/aromatic N) is 1. The van der Waals surface area contributed by atoms with E-state index in [2.05, 4.69) is 0 Å². The van der Waals surface area contributed by atoms with Crippen molar-refractivity contribution in [3.8, 4) is 0 Å². The minimum Gasteiger partial charge on any atom is -0.275 e. The second-order valence-electron chi connectivity index (χ2n) is 2.60. The Morgan fingerprint density at radius 2 is 2.10 bits per heavy atom. The van der Waals surface area contributed by atoms with E-state index in [1.165, 1.54) is 12.2 Å². The molecule has 0 aromatic rings. The van der Waals surface area contributed by atoms with E-state index in [1.54, 1.807) is 7.05 Å². The average Bonchev–Trinajstić information content (AvgIpc) is 2.66. The van der Waals surface area contributed by atoms with Crippen LogP contribution in [0.15, 0.2) is 12.2 Å². The van der Waals surface area contributed by atoms with E-state index in [4.69, 9.17) is 4.84 Å². The molecule has 1 rings (SSSR count). The zero-order chi connectivity index (χ0) is 7.78. The largest absolute Gasteiger partial charge is 0.275 e. The van der Waals surface area contributed by atoms with Crippen molar-refractivity contribution in [1.82, 2.24) is 5.06 Å². The van der Waals surface area contributed by atoms with Gasteiger partial charge in [-0.05, 0) is 6.92 Å². The molecule has 0 radical (unpaired) electrons. The second-order valence-corrected chi connectivity index (χ2v) is 2.60. The van der Waals surface area contributed by atoms with Gasteiger partial charge in [-0.25, -0.2) is 5.06 Å². The zero-order valence-corrected chi connectivity index (χ0v) is 6.42. The summed E-state index contributed by atoms with van der Waals surface area (Å²) in [4.78, 5) is 15.9. The first-order valence-electron chi connectivity index (χ1n) is 3.13. The van der Waals surface area contributed by atoms with Gasteiger partial charge in [0.05, 0.1) is 12.5 Å². The average molecular weight is 141 g/mol. The van der Waals surface area contributed by atoms with E-state index in [1.807, 2.05) is 19.1 Å². The molecule has 0 fully saturated rings. The third-order valence-electron chi connectivity index (χ3n) is 1.69. The van der Waals surface area contributed by atoms with E-state index in [0.717, 1.165) is 0 Å². The van der Waals surface area contributed by atoms with Crippen LogP contribution in [-0.2, 0) is 9.63 Å². The maximum Gasteiger partial charge on any atom is 0.259 e. The molecule has 0 spiro atoms. The number of carbonyl (C=O) groups is 1. The van der Waals surface area contributed by atoms with Crippen molar-refractivity contribution in [3.63, 3.8) is 0 Å². The summed E-state index contributed by atoms with van der Waals surface area (Å²) in [5, 5.41) is 1.24. The number of amides is 1. The highest BCUT2D eigenvalue weighted by molar-refractivity contribution is 5.89. The van der Waals surface area contributed by atoms with Crippen LogP contribution in [-0.4, -0.2) is 25.1 Å². The summed E-state index contributed by atoms with van der Waals surface area (Å²) in [5.74, 6) is -0.0185. The number of hydroxylamine groups is 2. The van der Waals surface area contributed by atoms with Crippen LogP contribution in [0.3, 0.4) is 0 Å². The van der Waals surface area contributed by atoms with Crippen molar-refractivity contribution in [1.29, 1.82) is 0 Å². The first-order chi connectivity index (χ1) is 4.60. The molecular weight excluding hydrogens is 130 g/mol. The van der Waals surface area contributed by atoms with Gasteiger partial charge in [-0.3, -0.25) is 9.63 Å². The molecule has 0 atom stereocenters. The fraction of sp³-hybridized carbons (Fsp3) is 0.571. The molecular formula is C7H11NO2. The Balaban J connectivity index is 2.49. The maximum atomic E-state index is 11.2. The predicted molar refractivity (Wildman–Crippen MR) is 37.0 cm³/mol. The maximum absolute atomic E-state index is 11.2. The summed E-state index contributed by atoms with van der Waals surface area (Å²) >= 11 is 0. The van der Waals surface area contributed by atoms with Gasteiger partial charge in [-0.15, -0.1) is 0 Å². The molecule has 1 amide bonds. The molecule has 0 N–H and O–H groups in total. The standard InChI is InChI=1S/C7H11NO2/c1-7(4-5-7)6(9)8(2)10-3/h4-5H,1-3H3. The Morgan fingerprint density at radius 3 is 2.40 bits per heavy atom. The summed E-state index contributed by atoms with van der Waals surface area (Å²) in [7, 11) is 3.08. The number of carbonyl (C=O) groups excluding carboxylic acids is 1. The van der Waals surface area contributed by atoms with E-state index in [-0.39, 0.29) is 11.3 Å². The van der Waals surface area contributed by atoms with Crippen LogP contribution in [0.25, 0.3) is 0 Å². The number of hydrogen-bond donors (Lipinski definition) is 0. The monoisotopic (exact) mass is 141 g/mol. The smallest absolute Gasteiger partial charge is 0.259 e. The minimum atomic E-state index is -0.356. The minimum absolute atomic E-state index is 0.0185. The quantitative estimate of drug-likeness (QED) is 0.416. The van der Waals surface area contributed by atoms with Gasteiger partial charge >= 0.3 is 0 Å². The second kappa shape index (κ2) is 2.09. The molecule has 0 unspecified atom stereocenters. The van der Waals surface area contributed by atoms with Gasteiger partial charge in [0.15, 0.2) is 0 Å². The highest BCUT2D eigenvalue weighted by Gasteiger charge is 2.39. The van der Waals surface area contributed by atoms with Crippen LogP contribution in [0.2, 0.25) is 0 Å². The predicted octanol–water partition coefficient (Wildman–Crippen LogP) is 0.582. The molecule has 3 nitrogen and oxygen atoms in total. The molecule has 0 saturated carbocycles. The topological polar surface area (TPSA) is 29.5 Å². The Hall–Kier alpha value is -0.830. The first-order valence-corrected chi connectivity index (χ1v) is 3.13. The van der Waals surface area contributed by atoms with Gasteiger partial charge in [-0.2, -0.15) is 0 Å². The Kier molecular flexibility index (Phi) is 1.52. The van der Waals surface area contributed by atoms with Gasteiger partial charge in [0, 0.05) is 7.05 Å². The summed E-state index contributed by atoms with van der Waals surface area (Å²) in [6.07, 6.45) is 3.70. The first kappa shape index (κ1) is 7.28.